The lowest BCUT2D eigenvalue weighted by Crippen LogP contribution is -2.37. The molecule has 36 heavy (non-hydrogen) atoms. The van der Waals surface area contributed by atoms with Crippen LogP contribution in [0.5, 0.6) is 0 Å². The number of furan rings is 1. The summed E-state index contributed by atoms with van der Waals surface area (Å²) in [6, 6.07) is 9.38. The van der Waals surface area contributed by atoms with Gasteiger partial charge in [-0.05, 0) is 35.9 Å². The van der Waals surface area contributed by atoms with Gasteiger partial charge in [-0.3, -0.25) is 13.9 Å². The van der Waals surface area contributed by atoms with Crippen molar-refractivity contribution in [3.63, 3.8) is 0 Å². The second-order valence-corrected chi connectivity index (χ2v) is 9.20. The highest BCUT2D eigenvalue weighted by Gasteiger charge is 2.38. The molecule has 0 saturated carbocycles. The number of rotatable bonds is 4. The van der Waals surface area contributed by atoms with Crippen LogP contribution >= 0.6 is 11.6 Å². The van der Waals surface area contributed by atoms with Crippen LogP contribution in [0.15, 0.2) is 69.1 Å². The first-order valence-corrected chi connectivity index (χ1v) is 11.7. The minimum atomic E-state index is -0.776. The molecule has 2 atom stereocenters. The predicted octanol–water partition coefficient (Wildman–Crippen LogP) is 3.48. The third-order valence-corrected chi connectivity index (χ3v) is 6.80. The van der Waals surface area contributed by atoms with Gasteiger partial charge in [0.1, 0.15) is 11.6 Å². The predicted molar refractivity (Wildman–Crippen MR) is 130 cm³/mol. The van der Waals surface area contributed by atoms with Gasteiger partial charge in [-0.1, -0.05) is 12.1 Å². The number of ether oxygens (including phenoxy) is 1. The van der Waals surface area contributed by atoms with Crippen molar-refractivity contribution in [1.29, 1.82) is 0 Å². The van der Waals surface area contributed by atoms with E-state index in [9.17, 15) is 14.0 Å². The molecule has 5 aromatic rings. The molecule has 1 aliphatic rings. The minimum Gasteiger partial charge on any atom is -0.446 e. The number of hydrogen-bond acceptors (Lipinski definition) is 5. The molecular weight excluding hydrogens is 489 g/mol. The number of aromatic nitrogens is 5. The van der Waals surface area contributed by atoms with E-state index >= 15 is 0 Å². The van der Waals surface area contributed by atoms with E-state index in [4.69, 9.17) is 20.8 Å². The topological polar surface area (TPSA) is 89.1 Å². The largest absolute Gasteiger partial charge is 0.446 e. The van der Waals surface area contributed by atoms with Crippen LogP contribution in [0.3, 0.4) is 0 Å². The van der Waals surface area contributed by atoms with Crippen LogP contribution in [0.1, 0.15) is 17.6 Å². The summed E-state index contributed by atoms with van der Waals surface area (Å²) in [7, 11) is 3.03. The SMILES string of the molecule is Cn1c(=O)c2c(-c3cccc(F)c3)n3c(c2n(C)c1=O)[C@H](c1ccc(Cl)o1)O[C@@H](Cn1ccnc1)C3. The van der Waals surface area contributed by atoms with Crippen molar-refractivity contribution in [3.8, 4) is 11.3 Å². The lowest BCUT2D eigenvalue weighted by atomic mass is 10.1. The molecule has 0 unspecified atom stereocenters. The van der Waals surface area contributed by atoms with Crippen molar-refractivity contribution in [2.45, 2.75) is 25.3 Å². The van der Waals surface area contributed by atoms with Crippen LogP contribution in [0.4, 0.5) is 4.39 Å². The summed E-state index contributed by atoms with van der Waals surface area (Å²) >= 11 is 6.11. The summed E-state index contributed by atoms with van der Waals surface area (Å²) in [6.07, 6.45) is 4.06. The Bertz CT molecular complexity index is 1730. The van der Waals surface area contributed by atoms with Crippen LogP contribution in [0, 0.1) is 5.82 Å². The maximum Gasteiger partial charge on any atom is 0.331 e. The third kappa shape index (κ3) is 3.44. The maximum atomic E-state index is 14.4. The van der Waals surface area contributed by atoms with Gasteiger partial charge in [-0.15, -0.1) is 0 Å². The van der Waals surface area contributed by atoms with E-state index < -0.39 is 23.2 Å². The fourth-order valence-corrected chi connectivity index (χ4v) is 5.19. The van der Waals surface area contributed by atoms with E-state index in [1.807, 2.05) is 15.3 Å². The molecule has 0 N–H and O–H groups in total. The fraction of sp³-hybridized carbons (Fsp3) is 0.240. The van der Waals surface area contributed by atoms with E-state index in [1.165, 1.54) is 23.7 Å². The Hall–Kier alpha value is -3.89. The Labute approximate surface area is 208 Å². The number of nitrogens with zero attached hydrogens (tertiary/aromatic N) is 5. The number of imidazole rings is 1. The number of hydrogen-bond donors (Lipinski definition) is 0. The first-order chi connectivity index (χ1) is 17.3. The third-order valence-electron chi connectivity index (χ3n) is 6.59. The first-order valence-electron chi connectivity index (χ1n) is 11.3. The summed E-state index contributed by atoms with van der Waals surface area (Å²) in [5.74, 6) is -0.0101. The average molecular weight is 510 g/mol. The van der Waals surface area contributed by atoms with Gasteiger partial charge in [0.15, 0.2) is 11.3 Å². The van der Waals surface area contributed by atoms with Crippen LogP contribution in [-0.4, -0.2) is 29.4 Å². The highest BCUT2D eigenvalue weighted by molar-refractivity contribution is 6.28. The van der Waals surface area contributed by atoms with Crippen LogP contribution < -0.4 is 11.2 Å². The van der Waals surface area contributed by atoms with Gasteiger partial charge in [0.05, 0.1) is 47.8 Å². The molecule has 0 bridgehead atoms. The molecule has 5 heterocycles. The monoisotopic (exact) mass is 509 g/mol. The first kappa shape index (κ1) is 22.6. The fourth-order valence-electron chi connectivity index (χ4n) is 5.04. The Morgan fingerprint density at radius 3 is 2.69 bits per heavy atom. The van der Waals surface area contributed by atoms with Crippen molar-refractivity contribution in [1.82, 2.24) is 23.3 Å². The van der Waals surface area contributed by atoms with Crippen molar-refractivity contribution in [3.05, 3.63) is 98.4 Å². The van der Waals surface area contributed by atoms with E-state index in [2.05, 4.69) is 4.98 Å². The average Bonchev–Trinajstić information content (AvgIpc) is 3.60. The summed E-state index contributed by atoms with van der Waals surface area (Å²) in [5, 5.41) is 0.484. The van der Waals surface area contributed by atoms with E-state index in [1.54, 1.807) is 43.8 Å². The number of halogens is 2. The van der Waals surface area contributed by atoms with Gasteiger partial charge in [-0.25, -0.2) is 14.2 Å². The van der Waals surface area contributed by atoms with Gasteiger partial charge in [0.25, 0.3) is 5.56 Å². The molecule has 0 saturated heterocycles. The van der Waals surface area contributed by atoms with Gasteiger partial charge in [0, 0.05) is 32.1 Å². The molecule has 0 spiro atoms. The Morgan fingerprint density at radius 2 is 2.00 bits per heavy atom. The van der Waals surface area contributed by atoms with Crippen molar-refractivity contribution >= 4 is 22.5 Å². The number of benzene rings is 1. The second-order valence-electron chi connectivity index (χ2n) is 8.82. The Kier molecular flexibility index (Phi) is 5.24. The van der Waals surface area contributed by atoms with Crippen molar-refractivity contribution < 1.29 is 13.5 Å². The summed E-state index contributed by atoms with van der Waals surface area (Å²) in [6.45, 7) is 0.814. The van der Waals surface area contributed by atoms with Crippen LogP contribution in [0.25, 0.3) is 22.2 Å². The molecule has 0 amide bonds. The molecule has 0 aliphatic carbocycles. The Balaban J connectivity index is 1.71. The van der Waals surface area contributed by atoms with E-state index in [0.29, 0.717) is 46.7 Å². The Morgan fingerprint density at radius 1 is 1.17 bits per heavy atom. The summed E-state index contributed by atoms with van der Waals surface area (Å²) < 4.78 is 32.9. The van der Waals surface area contributed by atoms with Crippen molar-refractivity contribution in [2.24, 2.45) is 14.1 Å². The lowest BCUT2D eigenvalue weighted by molar-refractivity contribution is -0.0422. The molecule has 4 aromatic heterocycles. The molecule has 0 radical (unpaired) electrons. The molecule has 11 heteroatoms. The highest BCUT2D eigenvalue weighted by atomic mass is 35.5. The number of fused-ring (bicyclic) bond motifs is 3. The zero-order valence-electron chi connectivity index (χ0n) is 19.4. The van der Waals surface area contributed by atoms with E-state index in [-0.39, 0.29) is 11.3 Å². The minimum absolute atomic E-state index is 0.183. The van der Waals surface area contributed by atoms with Gasteiger partial charge < -0.3 is 18.3 Å². The molecule has 6 rings (SSSR count). The highest BCUT2D eigenvalue weighted by Crippen LogP contribution is 2.43. The van der Waals surface area contributed by atoms with Crippen LogP contribution in [0.2, 0.25) is 5.22 Å². The zero-order valence-corrected chi connectivity index (χ0v) is 20.1. The smallest absolute Gasteiger partial charge is 0.331 e. The molecule has 184 valence electrons. The maximum absolute atomic E-state index is 14.4. The zero-order chi connectivity index (χ0) is 25.1. The molecule has 0 fully saturated rings. The van der Waals surface area contributed by atoms with Gasteiger partial charge >= 0.3 is 5.69 Å². The van der Waals surface area contributed by atoms with Crippen molar-refractivity contribution in [2.75, 3.05) is 0 Å². The molecule has 1 aromatic carbocycles. The molecule has 9 nitrogen and oxygen atoms in total. The quantitative estimate of drug-likeness (QED) is 0.370. The second kappa shape index (κ2) is 8.35. The standard InChI is InChI=1S/C25H21ClFN5O4/c1-29-21-19(24(33)30(2)25(29)34)20(14-4-3-5-15(27)10-14)32-12-16(11-31-9-8-28-13-31)35-23(22(21)32)17-6-7-18(26)36-17/h3-10,13,16,23H,11-12H2,1-2H3/t16-,23-/m0/s1. The van der Waals surface area contributed by atoms with Gasteiger partial charge in [-0.2, -0.15) is 0 Å². The number of aryl methyl sites for hydroxylation is 1. The van der Waals surface area contributed by atoms with Gasteiger partial charge in [0.2, 0.25) is 0 Å². The van der Waals surface area contributed by atoms with Crippen LogP contribution in [-0.2, 0) is 31.9 Å². The summed E-state index contributed by atoms with van der Waals surface area (Å²) in [5.41, 5.74) is 1.04. The van der Waals surface area contributed by atoms with E-state index in [0.717, 1.165) is 4.57 Å². The molecular formula is C25H21ClFN5O4. The molecule has 1 aliphatic heterocycles. The summed E-state index contributed by atoms with van der Waals surface area (Å²) in [4.78, 5) is 30.6. The normalized spacial score (nSPS) is 17.6. The lowest BCUT2D eigenvalue weighted by Gasteiger charge is -2.32.